The van der Waals surface area contributed by atoms with Crippen LogP contribution in [-0.2, 0) is 17.8 Å². The lowest BCUT2D eigenvalue weighted by atomic mass is 10.2. The maximum Gasteiger partial charge on any atom is 0.412 e. The van der Waals surface area contributed by atoms with E-state index in [0.717, 1.165) is 36.6 Å². The van der Waals surface area contributed by atoms with Crippen molar-refractivity contribution < 1.29 is 14.3 Å². The second-order valence-corrected chi connectivity index (χ2v) is 8.55. The molecular formula is C23H37N5O3. The Hall–Kier alpha value is -2.45. The van der Waals surface area contributed by atoms with E-state index in [1.807, 2.05) is 20.8 Å². The van der Waals surface area contributed by atoms with Crippen molar-refractivity contribution in [2.75, 3.05) is 31.5 Å². The molecule has 0 bridgehead atoms. The Morgan fingerprint density at radius 3 is 2.19 bits per heavy atom. The fourth-order valence-electron chi connectivity index (χ4n) is 3.36. The molecule has 0 saturated heterocycles. The van der Waals surface area contributed by atoms with Crippen LogP contribution in [0.2, 0.25) is 0 Å². The van der Waals surface area contributed by atoms with Crippen LogP contribution in [0.1, 0.15) is 59.9 Å². The summed E-state index contributed by atoms with van der Waals surface area (Å²) in [5.74, 6) is 0. The zero-order valence-corrected chi connectivity index (χ0v) is 20.0. The van der Waals surface area contributed by atoms with Crippen LogP contribution in [0.25, 0.3) is 11.0 Å². The average molecular weight is 432 g/mol. The Morgan fingerprint density at radius 2 is 1.65 bits per heavy atom. The van der Waals surface area contributed by atoms with Gasteiger partial charge in [-0.2, -0.15) is 4.73 Å². The zero-order valence-electron chi connectivity index (χ0n) is 20.0. The summed E-state index contributed by atoms with van der Waals surface area (Å²) in [5.41, 5.74) is 2.44. The second-order valence-electron chi connectivity index (χ2n) is 8.55. The molecule has 172 valence electrons. The van der Waals surface area contributed by atoms with Crippen molar-refractivity contribution in [3.63, 3.8) is 0 Å². The van der Waals surface area contributed by atoms with Crippen LogP contribution in [0.5, 0.6) is 0 Å². The van der Waals surface area contributed by atoms with E-state index in [-0.39, 0.29) is 0 Å². The fraction of sp³-hybridized carbons (Fsp3) is 0.609. The maximum atomic E-state index is 13.3. The van der Waals surface area contributed by atoms with Crippen LogP contribution in [-0.4, -0.2) is 52.7 Å². The van der Waals surface area contributed by atoms with Crippen molar-refractivity contribution in [1.29, 1.82) is 0 Å². The molecule has 1 heterocycles. The first-order valence-electron chi connectivity index (χ1n) is 11.1. The number of carbonyl (C=O) groups is 1. The Balaban J connectivity index is 2.48. The summed E-state index contributed by atoms with van der Waals surface area (Å²) in [7, 11) is 0. The van der Waals surface area contributed by atoms with Gasteiger partial charge in [0.25, 0.3) is 0 Å². The van der Waals surface area contributed by atoms with Crippen molar-refractivity contribution in [3.8, 4) is 0 Å². The number of hydrogen-bond donors (Lipinski definition) is 1. The molecule has 31 heavy (non-hydrogen) atoms. The molecule has 0 saturated carbocycles. The van der Waals surface area contributed by atoms with Crippen LogP contribution in [0, 0.1) is 5.21 Å². The lowest BCUT2D eigenvalue weighted by Crippen LogP contribution is -2.40. The highest BCUT2D eigenvalue weighted by Crippen LogP contribution is 2.20. The summed E-state index contributed by atoms with van der Waals surface area (Å²) < 4.78 is 6.32. The number of nitrogens with zero attached hydrogens (tertiary/aromatic N) is 4. The van der Waals surface area contributed by atoms with Crippen LogP contribution >= 0.6 is 0 Å². The highest BCUT2D eigenvalue weighted by molar-refractivity contribution is 5.88. The molecule has 0 aliphatic carbocycles. The number of benzene rings is 1. The standard InChI is InChI=1S/C23H37N5O3/c1-8-26(9-2)15-19-21(16-27(10-3)11-4)28(30)20-13-12-17(14-18(20)25-19)24-22(29)31-23(5,6)7/h12-14H,8-11,15-16H2,1-7H3,(H,24,29). The van der Waals surface area contributed by atoms with Gasteiger partial charge in [-0.1, -0.05) is 27.7 Å². The first-order valence-corrected chi connectivity index (χ1v) is 11.1. The Kier molecular flexibility index (Phi) is 8.59. The number of rotatable bonds is 9. The minimum atomic E-state index is -0.590. The van der Waals surface area contributed by atoms with Gasteiger partial charge in [-0.05, 0) is 59.1 Å². The van der Waals surface area contributed by atoms with Crippen LogP contribution in [0.4, 0.5) is 10.5 Å². The van der Waals surface area contributed by atoms with Crippen molar-refractivity contribution in [1.82, 2.24) is 14.8 Å². The molecular weight excluding hydrogens is 394 g/mol. The Bertz CT molecular complexity index is 887. The molecule has 2 aromatic rings. The van der Waals surface area contributed by atoms with E-state index in [2.05, 4.69) is 42.8 Å². The first-order chi connectivity index (χ1) is 14.6. The topological polar surface area (TPSA) is 84.6 Å². The Morgan fingerprint density at radius 1 is 1.06 bits per heavy atom. The number of nitrogens with one attached hydrogen (secondary N) is 1. The van der Waals surface area contributed by atoms with Gasteiger partial charge in [-0.15, -0.1) is 0 Å². The van der Waals surface area contributed by atoms with E-state index in [9.17, 15) is 10.0 Å². The monoisotopic (exact) mass is 431 g/mol. The quantitative estimate of drug-likeness (QED) is 0.479. The number of carbonyl (C=O) groups excluding carboxylic acids is 1. The molecule has 0 aliphatic rings. The van der Waals surface area contributed by atoms with Crippen LogP contribution < -0.4 is 10.0 Å². The maximum absolute atomic E-state index is 13.3. The van der Waals surface area contributed by atoms with E-state index < -0.39 is 11.7 Å². The molecule has 0 unspecified atom stereocenters. The van der Waals surface area contributed by atoms with Crippen LogP contribution in [0.15, 0.2) is 18.2 Å². The lowest BCUT2D eigenvalue weighted by Gasteiger charge is -2.22. The minimum Gasteiger partial charge on any atom is -0.618 e. The number of hydrogen-bond acceptors (Lipinski definition) is 6. The van der Waals surface area contributed by atoms with Crippen molar-refractivity contribution in [3.05, 3.63) is 34.8 Å². The van der Waals surface area contributed by atoms with Gasteiger partial charge < -0.3 is 9.94 Å². The Labute approximate surface area is 185 Å². The number of fused-ring (bicyclic) bond motifs is 1. The number of anilines is 1. The third-order valence-electron chi connectivity index (χ3n) is 5.21. The molecule has 1 amide bonds. The molecule has 1 aromatic carbocycles. The normalized spacial score (nSPS) is 12.0. The van der Waals surface area contributed by atoms with Crippen molar-refractivity contribution in [2.45, 2.75) is 67.2 Å². The summed E-state index contributed by atoms with van der Waals surface area (Å²) in [4.78, 5) is 21.4. The third-order valence-corrected chi connectivity index (χ3v) is 5.21. The van der Waals surface area contributed by atoms with E-state index in [4.69, 9.17) is 9.72 Å². The molecule has 1 N–H and O–H groups in total. The van der Waals surface area contributed by atoms with Gasteiger partial charge in [-0.25, -0.2) is 9.78 Å². The van der Waals surface area contributed by atoms with E-state index >= 15 is 0 Å². The lowest BCUT2D eigenvalue weighted by molar-refractivity contribution is -0.588. The molecule has 0 aliphatic heterocycles. The predicted octanol–water partition coefficient (Wildman–Crippen LogP) is 3.90. The van der Waals surface area contributed by atoms with Gasteiger partial charge in [0, 0.05) is 18.3 Å². The van der Waals surface area contributed by atoms with Crippen molar-refractivity contribution in [2.24, 2.45) is 0 Å². The molecule has 8 heteroatoms. The summed E-state index contributed by atoms with van der Waals surface area (Å²) in [5, 5.41) is 16.0. The first kappa shape index (κ1) is 24.8. The van der Waals surface area contributed by atoms with Crippen molar-refractivity contribution >= 4 is 22.8 Å². The van der Waals surface area contributed by atoms with Gasteiger partial charge >= 0.3 is 6.09 Å². The molecule has 1 aromatic heterocycles. The fourth-order valence-corrected chi connectivity index (χ4v) is 3.36. The number of ether oxygens (including phenoxy) is 1. The largest absolute Gasteiger partial charge is 0.618 e. The molecule has 0 spiro atoms. The van der Waals surface area contributed by atoms with Gasteiger partial charge in [0.2, 0.25) is 11.2 Å². The van der Waals surface area contributed by atoms with Crippen LogP contribution in [0.3, 0.4) is 0 Å². The molecule has 0 radical (unpaired) electrons. The summed E-state index contributed by atoms with van der Waals surface area (Å²) in [6, 6.07) is 5.13. The van der Waals surface area contributed by atoms with E-state index in [1.54, 1.807) is 18.2 Å². The average Bonchev–Trinajstić information content (AvgIpc) is 2.70. The van der Waals surface area contributed by atoms with Gasteiger partial charge in [0.1, 0.15) is 16.8 Å². The van der Waals surface area contributed by atoms with E-state index in [0.29, 0.717) is 35.5 Å². The van der Waals surface area contributed by atoms with Gasteiger partial charge in [-0.3, -0.25) is 15.1 Å². The summed E-state index contributed by atoms with van der Waals surface area (Å²) in [6.45, 7) is 18.4. The molecule has 8 nitrogen and oxygen atoms in total. The van der Waals surface area contributed by atoms with Gasteiger partial charge in [0.05, 0.1) is 6.54 Å². The summed E-state index contributed by atoms with van der Waals surface area (Å²) in [6.07, 6.45) is -0.539. The number of aromatic nitrogens is 2. The highest BCUT2D eigenvalue weighted by Gasteiger charge is 2.23. The minimum absolute atomic E-state index is 0.486. The summed E-state index contributed by atoms with van der Waals surface area (Å²) >= 11 is 0. The smallest absolute Gasteiger partial charge is 0.412 e. The van der Waals surface area contributed by atoms with Gasteiger partial charge in [0.15, 0.2) is 0 Å². The number of amides is 1. The molecule has 2 rings (SSSR count). The SMILES string of the molecule is CCN(CC)Cc1nc2cc(NC(=O)OC(C)(C)C)ccc2[n+]([O-])c1CN(CC)CC. The molecule has 0 fully saturated rings. The zero-order chi connectivity index (χ0) is 23.2. The highest BCUT2D eigenvalue weighted by atomic mass is 16.6. The second kappa shape index (κ2) is 10.7. The third kappa shape index (κ3) is 6.77. The van der Waals surface area contributed by atoms with E-state index in [1.165, 1.54) is 0 Å². The predicted molar refractivity (Wildman–Crippen MR) is 124 cm³/mol. The molecule has 0 atom stereocenters.